The fourth-order valence-corrected chi connectivity index (χ4v) is 4.44. The SMILES string of the molecule is O=C(O)CN(C(=O)CC1CCCO1)C1CCS(=O)(=O)C1. The van der Waals surface area contributed by atoms with Gasteiger partial charge >= 0.3 is 5.97 Å². The highest BCUT2D eigenvalue weighted by atomic mass is 32.2. The van der Waals surface area contributed by atoms with Gasteiger partial charge in [0.2, 0.25) is 5.91 Å². The predicted molar refractivity (Wildman–Crippen MR) is 70.0 cm³/mol. The molecule has 0 bridgehead atoms. The summed E-state index contributed by atoms with van der Waals surface area (Å²) in [5.74, 6) is -1.59. The van der Waals surface area contributed by atoms with Gasteiger partial charge in [-0.05, 0) is 19.3 Å². The molecule has 1 amide bonds. The van der Waals surface area contributed by atoms with E-state index in [9.17, 15) is 18.0 Å². The van der Waals surface area contributed by atoms with Gasteiger partial charge in [-0.25, -0.2) is 8.42 Å². The summed E-state index contributed by atoms with van der Waals surface area (Å²) < 4.78 is 28.3. The molecular formula is C12H19NO6S. The highest BCUT2D eigenvalue weighted by Crippen LogP contribution is 2.21. The number of nitrogens with zero attached hydrogens (tertiary/aromatic N) is 1. The van der Waals surface area contributed by atoms with Crippen LogP contribution >= 0.6 is 0 Å². The molecule has 0 spiro atoms. The minimum Gasteiger partial charge on any atom is -0.480 e. The lowest BCUT2D eigenvalue weighted by Crippen LogP contribution is -2.45. The highest BCUT2D eigenvalue weighted by Gasteiger charge is 2.36. The minimum absolute atomic E-state index is 0.0149. The molecule has 20 heavy (non-hydrogen) atoms. The van der Waals surface area contributed by atoms with Crippen LogP contribution in [0.5, 0.6) is 0 Å². The zero-order valence-corrected chi connectivity index (χ0v) is 12.0. The fourth-order valence-electron chi connectivity index (χ4n) is 2.71. The van der Waals surface area contributed by atoms with Crippen molar-refractivity contribution in [2.75, 3.05) is 24.7 Å². The Labute approximate surface area is 117 Å². The molecule has 0 radical (unpaired) electrons. The van der Waals surface area contributed by atoms with E-state index in [-0.39, 0.29) is 29.9 Å². The number of hydrogen-bond donors (Lipinski definition) is 1. The Kier molecular flexibility index (Phi) is 4.64. The van der Waals surface area contributed by atoms with E-state index in [1.54, 1.807) is 0 Å². The maximum Gasteiger partial charge on any atom is 0.323 e. The van der Waals surface area contributed by atoms with E-state index in [1.807, 2.05) is 0 Å². The van der Waals surface area contributed by atoms with E-state index in [2.05, 4.69) is 0 Å². The topological polar surface area (TPSA) is 101 Å². The third kappa shape index (κ3) is 3.92. The molecule has 7 nitrogen and oxygen atoms in total. The monoisotopic (exact) mass is 305 g/mol. The maximum absolute atomic E-state index is 12.2. The van der Waals surface area contributed by atoms with Crippen molar-refractivity contribution in [3.05, 3.63) is 0 Å². The molecule has 0 aromatic carbocycles. The number of ether oxygens (including phenoxy) is 1. The number of carboxylic acids is 1. The Morgan fingerprint density at radius 3 is 2.55 bits per heavy atom. The molecule has 0 aromatic rings. The number of amides is 1. The first-order valence-electron chi connectivity index (χ1n) is 6.71. The Balaban J connectivity index is 2.02. The Morgan fingerprint density at radius 2 is 2.05 bits per heavy atom. The second-order valence-corrected chi connectivity index (χ2v) is 7.54. The van der Waals surface area contributed by atoms with E-state index in [1.165, 1.54) is 4.90 Å². The summed E-state index contributed by atoms with van der Waals surface area (Å²) in [5, 5.41) is 8.91. The van der Waals surface area contributed by atoms with Crippen LogP contribution in [0.4, 0.5) is 0 Å². The number of hydrogen-bond acceptors (Lipinski definition) is 5. The van der Waals surface area contributed by atoms with Gasteiger partial charge in [0.05, 0.1) is 24.0 Å². The average Bonchev–Trinajstić information content (AvgIpc) is 2.95. The number of sulfone groups is 1. The number of aliphatic carboxylic acids is 1. The molecule has 2 aliphatic heterocycles. The summed E-state index contributed by atoms with van der Waals surface area (Å²) in [6.07, 6.45) is 1.96. The summed E-state index contributed by atoms with van der Waals surface area (Å²) >= 11 is 0. The van der Waals surface area contributed by atoms with Crippen LogP contribution in [0.2, 0.25) is 0 Å². The number of carbonyl (C=O) groups is 2. The van der Waals surface area contributed by atoms with Gasteiger partial charge < -0.3 is 14.7 Å². The molecule has 2 unspecified atom stereocenters. The predicted octanol–water partition coefficient (Wildman–Crippen LogP) is -0.344. The van der Waals surface area contributed by atoms with Gasteiger partial charge in [0.1, 0.15) is 6.54 Å². The number of carbonyl (C=O) groups excluding carboxylic acids is 1. The van der Waals surface area contributed by atoms with Crippen molar-refractivity contribution < 1.29 is 27.9 Å². The molecular weight excluding hydrogens is 286 g/mol. The largest absolute Gasteiger partial charge is 0.480 e. The minimum atomic E-state index is -3.16. The average molecular weight is 305 g/mol. The van der Waals surface area contributed by atoms with Gasteiger partial charge in [-0.2, -0.15) is 0 Å². The van der Waals surface area contributed by atoms with Crippen molar-refractivity contribution in [3.8, 4) is 0 Å². The molecule has 1 N–H and O–H groups in total. The lowest BCUT2D eigenvalue weighted by molar-refractivity contribution is -0.147. The Morgan fingerprint density at radius 1 is 1.30 bits per heavy atom. The van der Waals surface area contributed by atoms with Crippen molar-refractivity contribution in [1.82, 2.24) is 4.90 Å². The third-order valence-corrected chi connectivity index (χ3v) is 5.45. The van der Waals surface area contributed by atoms with E-state index < -0.39 is 28.4 Å². The first-order chi connectivity index (χ1) is 9.37. The Bertz CT molecular complexity index is 482. The third-order valence-electron chi connectivity index (χ3n) is 3.70. The molecule has 2 aliphatic rings. The second kappa shape index (κ2) is 6.09. The summed E-state index contributed by atoms with van der Waals surface area (Å²) in [7, 11) is -3.16. The van der Waals surface area contributed by atoms with Crippen LogP contribution in [0.25, 0.3) is 0 Å². The molecule has 2 fully saturated rings. The molecule has 2 heterocycles. The van der Waals surface area contributed by atoms with E-state index >= 15 is 0 Å². The standard InChI is InChI=1S/C12H19NO6S/c14-11(6-10-2-1-4-19-10)13(7-12(15)16)9-3-5-20(17,18)8-9/h9-10H,1-8H2,(H,15,16). The summed E-state index contributed by atoms with van der Waals surface area (Å²) in [6.45, 7) is 0.167. The summed E-state index contributed by atoms with van der Waals surface area (Å²) in [6, 6.07) is -0.523. The molecule has 2 saturated heterocycles. The van der Waals surface area contributed by atoms with Gasteiger partial charge in [-0.1, -0.05) is 0 Å². The maximum atomic E-state index is 12.2. The van der Waals surface area contributed by atoms with Gasteiger partial charge in [0, 0.05) is 12.6 Å². The van der Waals surface area contributed by atoms with Crippen molar-refractivity contribution in [2.45, 2.75) is 37.8 Å². The number of carboxylic acid groups (broad SMARTS) is 1. The van der Waals surface area contributed by atoms with Crippen LogP contribution in [0.15, 0.2) is 0 Å². The van der Waals surface area contributed by atoms with Crippen molar-refractivity contribution in [2.24, 2.45) is 0 Å². The normalized spacial score (nSPS) is 28.4. The molecule has 114 valence electrons. The summed E-state index contributed by atoms with van der Waals surface area (Å²) in [5.41, 5.74) is 0. The van der Waals surface area contributed by atoms with Crippen LogP contribution in [0.3, 0.4) is 0 Å². The first kappa shape index (κ1) is 15.2. The quantitative estimate of drug-likeness (QED) is 0.745. The summed E-state index contributed by atoms with van der Waals surface area (Å²) in [4.78, 5) is 24.3. The van der Waals surface area contributed by atoms with Crippen molar-refractivity contribution >= 4 is 21.7 Å². The molecule has 2 atom stereocenters. The van der Waals surface area contributed by atoms with E-state index in [4.69, 9.17) is 9.84 Å². The lowest BCUT2D eigenvalue weighted by atomic mass is 10.1. The van der Waals surface area contributed by atoms with Crippen molar-refractivity contribution in [1.29, 1.82) is 0 Å². The van der Waals surface area contributed by atoms with Crippen LogP contribution in [-0.4, -0.2) is 67.1 Å². The molecule has 8 heteroatoms. The van der Waals surface area contributed by atoms with Gasteiger partial charge in [0.25, 0.3) is 0 Å². The van der Waals surface area contributed by atoms with Gasteiger partial charge in [0.15, 0.2) is 9.84 Å². The molecule has 0 aliphatic carbocycles. The fraction of sp³-hybridized carbons (Fsp3) is 0.833. The Hall–Kier alpha value is -1.15. The zero-order chi connectivity index (χ0) is 14.8. The smallest absolute Gasteiger partial charge is 0.323 e. The second-order valence-electron chi connectivity index (χ2n) is 5.31. The molecule has 0 aromatic heterocycles. The zero-order valence-electron chi connectivity index (χ0n) is 11.2. The van der Waals surface area contributed by atoms with Gasteiger partial charge in [-0.15, -0.1) is 0 Å². The first-order valence-corrected chi connectivity index (χ1v) is 8.53. The van der Waals surface area contributed by atoms with Crippen molar-refractivity contribution in [3.63, 3.8) is 0 Å². The van der Waals surface area contributed by atoms with E-state index in [0.29, 0.717) is 13.0 Å². The lowest BCUT2D eigenvalue weighted by Gasteiger charge is -2.27. The number of rotatable bonds is 5. The van der Waals surface area contributed by atoms with E-state index in [0.717, 1.165) is 12.8 Å². The van der Waals surface area contributed by atoms with Crippen LogP contribution in [0.1, 0.15) is 25.7 Å². The van der Waals surface area contributed by atoms with Gasteiger partial charge in [-0.3, -0.25) is 9.59 Å². The van der Waals surface area contributed by atoms with Crippen LogP contribution in [-0.2, 0) is 24.2 Å². The van der Waals surface area contributed by atoms with Crippen LogP contribution in [0, 0.1) is 0 Å². The molecule has 0 saturated carbocycles. The van der Waals surface area contributed by atoms with Crippen LogP contribution < -0.4 is 0 Å². The molecule has 2 rings (SSSR count). The highest BCUT2D eigenvalue weighted by molar-refractivity contribution is 7.91.